The zero-order valence-corrected chi connectivity index (χ0v) is 15.1. The van der Waals surface area contributed by atoms with E-state index in [1.807, 2.05) is 36.4 Å². The topological polar surface area (TPSA) is 86.5 Å². The van der Waals surface area contributed by atoms with Gasteiger partial charge in [-0.25, -0.2) is 9.97 Å². The van der Waals surface area contributed by atoms with Crippen molar-refractivity contribution in [1.82, 2.24) is 25.3 Å². The Morgan fingerprint density at radius 2 is 2.08 bits per heavy atom. The van der Waals surface area contributed by atoms with Crippen LogP contribution in [0.1, 0.15) is 28.6 Å². The number of hydrogen-bond donors (Lipinski definition) is 3. The summed E-state index contributed by atoms with van der Waals surface area (Å²) < 4.78 is 0. The number of carbonyl (C=O) groups excluding carboxylic acids is 1. The highest BCUT2D eigenvalue weighted by Crippen LogP contribution is 2.21. The van der Waals surface area contributed by atoms with E-state index in [0.717, 1.165) is 40.1 Å². The van der Waals surface area contributed by atoms with E-state index in [1.54, 1.807) is 24.2 Å². The minimum Gasteiger partial charge on any atom is -0.345 e. The van der Waals surface area contributed by atoms with Crippen LogP contribution < -0.4 is 5.32 Å². The maximum absolute atomic E-state index is 12.8. The molecule has 2 heterocycles. The molecular weight excluding hydrogens is 346 g/mol. The van der Waals surface area contributed by atoms with Gasteiger partial charge in [0.1, 0.15) is 5.82 Å². The first kappa shape index (κ1) is 16.7. The van der Waals surface area contributed by atoms with E-state index >= 15 is 0 Å². The fourth-order valence-electron chi connectivity index (χ4n) is 2.97. The number of amides is 1. The number of H-pyrrole nitrogens is 2. The van der Waals surface area contributed by atoms with Crippen LogP contribution in [0.4, 0.5) is 0 Å². The molecule has 1 unspecified atom stereocenters. The summed E-state index contributed by atoms with van der Waals surface area (Å²) in [5.74, 6) is 1.60. The molecule has 0 spiro atoms. The van der Waals surface area contributed by atoms with Gasteiger partial charge < -0.3 is 15.3 Å². The van der Waals surface area contributed by atoms with Crippen LogP contribution in [-0.2, 0) is 0 Å². The zero-order valence-electron chi connectivity index (χ0n) is 14.3. The van der Waals surface area contributed by atoms with Crippen molar-refractivity contribution in [1.29, 1.82) is 0 Å². The van der Waals surface area contributed by atoms with Crippen LogP contribution in [-0.4, -0.2) is 37.9 Å². The van der Waals surface area contributed by atoms with Crippen LogP contribution >= 0.6 is 11.8 Å². The first-order chi connectivity index (χ1) is 12.7. The third-order valence-corrected chi connectivity index (χ3v) is 4.98. The second kappa shape index (κ2) is 7.21. The van der Waals surface area contributed by atoms with Crippen LogP contribution in [0.5, 0.6) is 0 Å². The Bertz CT molecular complexity index is 1020. The number of aromatic nitrogens is 4. The van der Waals surface area contributed by atoms with E-state index < -0.39 is 0 Å². The van der Waals surface area contributed by atoms with Gasteiger partial charge in [0.15, 0.2) is 0 Å². The van der Waals surface area contributed by atoms with Crippen molar-refractivity contribution in [2.45, 2.75) is 12.5 Å². The first-order valence-corrected chi connectivity index (χ1v) is 9.81. The quantitative estimate of drug-likeness (QED) is 0.487. The molecule has 2 aromatic heterocycles. The Balaban J connectivity index is 1.60. The van der Waals surface area contributed by atoms with Gasteiger partial charge in [-0.15, -0.1) is 0 Å². The summed E-state index contributed by atoms with van der Waals surface area (Å²) in [4.78, 5) is 28.0. The van der Waals surface area contributed by atoms with E-state index in [4.69, 9.17) is 0 Å². The molecule has 0 fully saturated rings. The second-order valence-corrected chi connectivity index (χ2v) is 7.07. The van der Waals surface area contributed by atoms with Gasteiger partial charge in [0.25, 0.3) is 5.91 Å². The lowest BCUT2D eigenvalue weighted by atomic mass is 10.1. The number of thioether (sulfide) groups is 1. The van der Waals surface area contributed by atoms with Crippen LogP contribution in [0.25, 0.3) is 22.1 Å². The SMILES string of the molecule is CSCCC(NC(=O)c1ccc2nc[nH]c2c1)c1nc2ccccc2[nH]1. The highest BCUT2D eigenvalue weighted by molar-refractivity contribution is 7.98. The second-order valence-electron chi connectivity index (χ2n) is 6.08. The van der Waals surface area contributed by atoms with Crippen molar-refractivity contribution in [2.75, 3.05) is 12.0 Å². The summed E-state index contributed by atoms with van der Waals surface area (Å²) in [5, 5.41) is 3.12. The molecule has 0 radical (unpaired) electrons. The number of imidazole rings is 2. The summed E-state index contributed by atoms with van der Waals surface area (Å²) in [6, 6.07) is 13.2. The molecule has 26 heavy (non-hydrogen) atoms. The largest absolute Gasteiger partial charge is 0.345 e. The number of benzene rings is 2. The van der Waals surface area contributed by atoms with Crippen molar-refractivity contribution in [2.24, 2.45) is 0 Å². The molecule has 1 amide bonds. The molecule has 0 aliphatic rings. The normalized spacial score (nSPS) is 12.5. The number of para-hydroxylation sites is 2. The third kappa shape index (κ3) is 3.30. The average molecular weight is 365 g/mol. The van der Waals surface area contributed by atoms with Crippen LogP contribution in [0.3, 0.4) is 0 Å². The van der Waals surface area contributed by atoms with Gasteiger partial charge in [-0.3, -0.25) is 4.79 Å². The standard InChI is InChI=1S/C19H19N5OS/c1-26-9-8-16(18-22-14-4-2-3-5-15(14)23-18)24-19(25)12-6-7-13-17(10-12)21-11-20-13/h2-7,10-11,16H,8-9H2,1H3,(H,20,21)(H,22,23)(H,24,25). The number of aromatic amines is 2. The molecule has 0 aliphatic heterocycles. The molecule has 6 nitrogen and oxygen atoms in total. The van der Waals surface area contributed by atoms with E-state index in [9.17, 15) is 4.79 Å². The first-order valence-electron chi connectivity index (χ1n) is 8.42. The molecule has 4 rings (SSSR count). The predicted octanol–water partition coefficient (Wildman–Crippen LogP) is 3.66. The van der Waals surface area contributed by atoms with Crippen LogP contribution in [0.2, 0.25) is 0 Å². The van der Waals surface area contributed by atoms with Crippen molar-refractivity contribution in [3.8, 4) is 0 Å². The smallest absolute Gasteiger partial charge is 0.251 e. The summed E-state index contributed by atoms with van der Waals surface area (Å²) in [5.41, 5.74) is 4.18. The number of rotatable bonds is 6. The molecule has 4 aromatic rings. The molecule has 132 valence electrons. The van der Waals surface area contributed by atoms with Gasteiger partial charge in [-0.05, 0) is 48.8 Å². The number of carbonyl (C=O) groups is 1. The third-order valence-electron chi connectivity index (χ3n) is 4.34. The Labute approximate surface area is 154 Å². The number of fused-ring (bicyclic) bond motifs is 2. The Kier molecular flexibility index (Phi) is 4.62. The lowest BCUT2D eigenvalue weighted by Gasteiger charge is -2.16. The van der Waals surface area contributed by atoms with E-state index in [0.29, 0.717) is 5.56 Å². The number of nitrogens with one attached hydrogen (secondary N) is 3. The lowest BCUT2D eigenvalue weighted by Crippen LogP contribution is -2.29. The molecule has 7 heteroatoms. The van der Waals surface area contributed by atoms with Crippen LogP contribution in [0.15, 0.2) is 48.8 Å². The molecule has 0 saturated carbocycles. The molecule has 2 aromatic carbocycles. The number of nitrogens with zero attached hydrogens (tertiary/aromatic N) is 2. The van der Waals surface area contributed by atoms with E-state index in [1.165, 1.54) is 0 Å². The van der Waals surface area contributed by atoms with Crippen molar-refractivity contribution < 1.29 is 4.79 Å². The lowest BCUT2D eigenvalue weighted by molar-refractivity contribution is 0.0934. The Morgan fingerprint density at radius 1 is 1.19 bits per heavy atom. The number of hydrogen-bond acceptors (Lipinski definition) is 4. The van der Waals surface area contributed by atoms with Gasteiger partial charge >= 0.3 is 0 Å². The fourth-order valence-corrected chi connectivity index (χ4v) is 3.44. The summed E-state index contributed by atoms with van der Waals surface area (Å²) >= 11 is 1.75. The van der Waals surface area contributed by atoms with Gasteiger partial charge in [-0.2, -0.15) is 11.8 Å². The maximum Gasteiger partial charge on any atom is 0.251 e. The van der Waals surface area contributed by atoms with Crippen LogP contribution in [0, 0.1) is 0 Å². The summed E-state index contributed by atoms with van der Waals surface area (Å²) in [6.07, 6.45) is 4.49. The minimum absolute atomic E-state index is 0.118. The fraction of sp³-hybridized carbons (Fsp3) is 0.211. The highest BCUT2D eigenvalue weighted by Gasteiger charge is 2.19. The Hall–Kier alpha value is -2.80. The van der Waals surface area contributed by atoms with Gasteiger partial charge in [-0.1, -0.05) is 12.1 Å². The molecule has 1 atom stereocenters. The van der Waals surface area contributed by atoms with Crippen molar-refractivity contribution in [3.63, 3.8) is 0 Å². The minimum atomic E-state index is -0.167. The monoisotopic (exact) mass is 365 g/mol. The summed E-state index contributed by atoms with van der Waals surface area (Å²) in [7, 11) is 0. The summed E-state index contributed by atoms with van der Waals surface area (Å²) in [6.45, 7) is 0. The maximum atomic E-state index is 12.8. The molecular formula is C19H19N5OS. The molecule has 3 N–H and O–H groups in total. The molecule has 0 bridgehead atoms. The van der Waals surface area contributed by atoms with Gasteiger partial charge in [0.05, 0.1) is 34.4 Å². The molecule has 0 saturated heterocycles. The van der Waals surface area contributed by atoms with E-state index in [2.05, 4.69) is 31.5 Å². The van der Waals surface area contributed by atoms with Crippen molar-refractivity contribution in [3.05, 3.63) is 60.2 Å². The van der Waals surface area contributed by atoms with Gasteiger partial charge in [0.2, 0.25) is 0 Å². The zero-order chi connectivity index (χ0) is 17.9. The van der Waals surface area contributed by atoms with Crippen molar-refractivity contribution >= 4 is 39.7 Å². The van der Waals surface area contributed by atoms with E-state index in [-0.39, 0.29) is 11.9 Å². The average Bonchev–Trinajstić information content (AvgIpc) is 3.30. The highest BCUT2D eigenvalue weighted by atomic mass is 32.2. The Morgan fingerprint density at radius 3 is 2.92 bits per heavy atom. The van der Waals surface area contributed by atoms with Gasteiger partial charge in [0, 0.05) is 5.56 Å². The predicted molar refractivity (Wildman–Crippen MR) is 105 cm³/mol. The molecule has 0 aliphatic carbocycles.